The van der Waals surface area contributed by atoms with E-state index in [1.165, 1.54) is 21.9 Å². The maximum Gasteiger partial charge on any atom is 0.326 e. The molecule has 1 atom stereocenters. The van der Waals surface area contributed by atoms with E-state index in [0.717, 1.165) is 6.20 Å². The summed E-state index contributed by atoms with van der Waals surface area (Å²) in [6, 6.07) is -1.03. The highest BCUT2D eigenvalue weighted by Crippen LogP contribution is 2.06. The second kappa shape index (κ2) is 7.88. The van der Waals surface area contributed by atoms with Gasteiger partial charge in [0.2, 0.25) is 5.91 Å². The number of carboxylic acids is 1. The number of rotatable bonds is 7. The molecule has 3 N–H and O–H groups in total. The molecule has 0 aromatic carbocycles. The van der Waals surface area contributed by atoms with E-state index in [4.69, 9.17) is 5.11 Å². The van der Waals surface area contributed by atoms with Gasteiger partial charge < -0.3 is 15.7 Å². The molecule has 0 aliphatic rings. The molecule has 0 saturated heterocycles. The molecular formula is C15H18N4O5S. The predicted molar refractivity (Wildman–Crippen MR) is 90.7 cm³/mol. The zero-order valence-electron chi connectivity index (χ0n) is 13.7. The van der Waals surface area contributed by atoms with Gasteiger partial charge >= 0.3 is 5.97 Å². The first-order valence-electron chi connectivity index (χ1n) is 7.54. The number of nitrogens with zero attached hydrogens (tertiary/aromatic N) is 2. The minimum absolute atomic E-state index is 0.0828. The van der Waals surface area contributed by atoms with Crippen LogP contribution in [0.15, 0.2) is 22.6 Å². The number of carboxylic acid groups (broad SMARTS) is 1. The summed E-state index contributed by atoms with van der Waals surface area (Å²) in [5.41, 5.74) is -0.729. The molecule has 0 unspecified atom stereocenters. The van der Waals surface area contributed by atoms with Gasteiger partial charge in [-0.05, 0) is 12.3 Å². The Morgan fingerprint density at radius 1 is 1.36 bits per heavy atom. The van der Waals surface area contributed by atoms with Crippen molar-refractivity contribution in [3.05, 3.63) is 33.7 Å². The topological polar surface area (TPSA) is 130 Å². The van der Waals surface area contributed by atoms with Gasteiger partial charge in [-0.15, -0.1) is 11.3 Å². The minimum Gasteiger partial charge on any atom is -0.480 e. The van der Waals surface area contributed by atoms with Gasteiger partial charge in [0.25, 0.3) is 11.5 Å². The molecule has 2 rings (SSSR count). The molecule has 0 spiro atoms. The highest BCUT2D eigenvalue weighted by atomic mass is 32.1. The van der Waals surface area contributed by atoms with Crippen LogP contribution in [0.3, 0.4) is 0 Å². The largest absolute Gasteiger partial charge is 0.480 e. The first kappa shape index (κ1) is 18.6. The van der Waals surface area contributed by atoms with Gasteiger partial charge in [-0.3, -0.25) is 18.8 Å². The summed E-state index contributed by atoms with van der Waals surface area (Å²) in [5.74, 6) is -2.45. The summed E-state index contributed by atoms with van der Waals surface area (Å²) in [5, 5.41) is 15.4. The van der Waals surface area contributed by atoms with E-state index in [1.54, 1.807) is 5.38 Å². The van der Waals surface area contributed by atoms with Crippen LogP contribution in [0.5, 0.6) is 0 Å². The smallest absolute Gasteiger partial charge is 0.326 e. The zero-order chi connectivity index (χ0) is 18.6. The van der Waals surface area contributed by atoms with Crippen molar-refractivity contribution >= 4 is 34.1 Å². The summed E-state index contributed by atoms with van der Waals surface area (Å²) in [6.45, 7) is 3.24. The molecule has 2 aromatic heterocycles. The van der Waals surface area contributed by atoms with Gasteiger partial charge in [0, 0.05) is 17.8 Å². The lowest BCUT2D eigenvalue weighted by Crippen LogP contribution is -2.46. The molecule has 0 saturated carbocycles. The fourth-order valence-electron chi connectivity index (χ4n) is 2.17. The molecule has 0 aliphatic carbocycles. The number of aromatic nitrogens is 2. The quantitative estimate of drug-likeness (QED) is 0.637. The highest BCUT2D eigenvalue weighted by molar-refractivity contribution is 7.15. The summed E-state index contributed by atoms with van der Waals surface area (Å²) in [4.78, 5) is 51.6. The summed E-state index contributed by atoms with van der Waals surface area (Å²) in [6.07, 6.45) is 2.93. The van der Waals surface area contributed by atoms with Crippen LogP contribution in [-0.2, 0) is 9.59 Å². The maximum absolute atomic E-state index is 12.2. The van der Waals surface area contributed by atoms with Gasteiger partial charge in [0.15, 0.2) is 4.96 Å². The summed E-state index contributed by atoms with van der Waals surface area (Å²) >= 11 is 1.25. The van der Waals surface area contributed by atoms with E-state index in [2.05, 4.69) is 15.6 Å². The van der Waals surface area contributed by atoms with Crippen molar-refractivity contribution in [3.8, 4) is 0 Å². The zero-order valence-corrected chi connectivity index (χ0v) is 14.5. The van der Waals surface area contributed by atoms with Crippen molar-refractivity contribution in [2.45, 2.75) is 26.3 Å². The Morgan fingerprint density at radius 3 is 2.72 bits per heavy atom. The summed E-state index contributed by atoms with van der Waals surface area (Å²) in [7, 11) is 0. The third kappa shape index (κ3) is 4.63. The van der Waals surface area contributed by atoms with Crippen LogP contribution in [0, 0.1) is 5.92 Å². The lowest BCUT2D eigenvalue weighted by molar-refractivity contribution is -0.142. The van der Waals surface area contributed by atoms with Crippen molar-refractivity contribution in [3.63, 3.8) is 0 Å². The van der Waals surface area contributed by atoms with E-state index >= 15 is 0 Å². The number of fused-ring (bicyclic) bond motifs is 1. The van der Waals surface area contributed by atoms with E-state index in [1.807, 2.05) is 13.8 Å². The molecule has 0 aliphatic heterocycles. The number of carbonyl (C=O) groups is 3. The fraction of sp³-hybridized carbons (Fsp3) is 0.400. The number of thiazole rings is 1. The third-order valence-electron chi connectivity index (χ3n) is 3.34. The lowest BCUT2D eigenvalue weighted by Gasteiger charge is -2.16. The van der Waals surface area contributed by atoms with Gasteiger partial charge in [-0.1, -0.05) is 13.8 Å². The lowest BCUT2D eigenvalue weighted by atomic mass is 10.0. The van der Waals surface area contributed by atoms with Crippen molar-refractivity contribution in [2.75, 3.05) is 6.54 Å². The van der Waals surface area contributed by atoms with Crippen LogP contribution in [0.4, 0.5) is 0 Å². The van der Waals surface area contributed by atoms with Crippen LogP contribution >= 0.6 is 11.3 Å². The second-order valence-electron chi connectivity index (χ2n) is 5.80. The Balaban J connectivity index is 1.98. The molecule has 134 valence electrons. The number of aliphatic carboxylic acids is 1. The minimum atomic E-state index is -1.14. The Morgan fingerprint density at radius 2 is 2.08 bits per heavy atom. The third-order valence-corrected chi connectivity index (χ3v) is 4.11. The first-order chi connectivity index (χ1) is 11.8. The van der Waals surface area contributed by atoms with Gasteiger partial charge in [-0.25, -0.2) is 9.78 Å². The Bertz CT molecular complexity index is 857. The van der Waals surface area contributed by atoms with Gasteiger partial charge in [0.1, 0.15) is 11.6 Å². The monoisotopic (exact) mass is 366 g/mol. The van der Waals surface area contributed by atoms with Crippen molar-refractivity contribution in [1.82, 2.24) is 20.0 Å². The molecule has 0 radical (unpaired) electrons. The Kier molecular flexibility index (Phi) is 5.86. The number of carbonyl (C=O) groups excluding carboxylic acids is 2. The maximum atomic E-state index is 12.2. The molecular weight excluding hydrogens is 348 g/mol. The number of amides is 2. The van der Waals surface area contributed by atoms with Crippen LogP contribution in [0.1, 0.15) is 30.6 Å². The van der Waals surface area contributed by atoms with Crippen molar-refractivity contribution in [1.29, 1.82) is 0 Å². The average molecular weight is 366 g/mol. The van der Waals surface area contributed by atoms with Crippen LogP contribution < -0.4 is 16.2 Å². The molecule has 0 bridgehead atoms. The first-order valence-corrected chi connectivity index (χ1v) is 8.42. The standard InChI is InChI=1S/C15H18N4O5S/c1-8(2)5-10(14(23)24)18-11(20)7-16-12(21)9-6-17-15-19(13(9)22)3-4-25-15/h3-4,6,8,10H,5,7H2,1-2H3,(H,16,21)(H,18,20)(H,23,24)/t10-/m0/s1. The van der Waals surface area contributed by atoms with Crippen molar-refractivity contribution < 1.29 is 19.5 Å². The fourth-order valence-corrected chi connectivity index (χ4v) is 2.85. The van der Waals surface area contributed by atoms with Gasteiger partial charge in [0.05, 0.1) is 6.54 Å². The molecule has 0 fully saturated rings. The van der Waals surface area contributed by atoms with Crippen LogP contribution in [0.2, 0.25) is 0 Å². The van der Waals surface area contributed by atoms with Gasteiger partial charge in [-0.2, -0.15) is 0 Å². The number of hydrogen-bond acceptors (Lipinski definition) is 6. The highest BCUT2D eigenvalue weighted by Gasteiger charge is 2.21. The molecule has 10 heteroatoms. The predicted octanol–water partition coefficient (Wildman–Crippen LogP) is 0.101. The SMILES string of the molecule is CC(C)C[C@H](NC(=O)CNC(=O)c1cnc2sccn2c1=O)C(=O)O. The van der Waals surface area contributed by atoms with Crippen molar-refractivity contribution in [2.24, 2.45) is 5.92 Å². The number of hydrogen-bond donors (Lipinski definition) is 3. The van der Waals surface area contributed by atoms with Crippen LogP contribution in [-0.4, -0.2) is 44.9 Å². The molecule has 9 nitrogen and oxygen atoms in total. The van der Waals surface area contributed by atoms with Crippen LogP contribution in [0.25, 0.3) is 4.96 Å². The summed E-state index contributed by atoms with van der Waals surface area (Å²) < 4.78 is 1.24. The Labute approximate surface area is 146 Å². The normalized spacial score (nSPS) is 12.1. The number of nitrogens with one attached hydrogen (secondary N) is 2. The molecule has 2 amide bonds. The molecule has 2 heterocycles. The molecule has 2 aromatic rings. The Hall–Kier alpha value is -2.75. The van der Waals surface area contributed by atoms with E-state index in [0.29, 0.717) is 4.96 Å². The van der Waals surface area contributed by atoms with E-state index in [-0.39, 0.29) is 17.9 Å². The van der Waals surface area contributed by atoms with E-state index < -0.39 is 35.9 Å². The van der Waals surface area contributed by atoms with E-state index in [9.17, 15) is 19.2 Å². The second-order valence-corrected chi connectivity index (χ2v) is 6.68. The molecule has 25 heavy (non-hydrogen) atoms. The average Bonchev–Trinajstić information content (AvgIpc) is 3.01.